The lowest BCUT2D eigenvalue weighted by atomic mass is 9.93. The van der Waals surface area contributed by atoms with Crippen LogP contribution >= 0.6 is 0 Å². The Morgan fingerprint density at radius 2 is 1.71 bits per heavy atom. The highest BCUT2D eigenvalue weighted by molar-refractivity contribution is 5.19. The minimum atomic E-state index is 0.607. The highest BCUT2D eigenvalue weighted by Gasteiger charge is 2.66. The van der Waals surface area contributed by atoms with Gasteiger partial charge in [0.2, 0.25) is 0 Å². The molecule has 82 valence electrons. The molecular weight excluding hydrogens is 170 g/mol. The molecule has 2 unspecified atom stereocenters. The number of piperidine rings is 1. The fourth-order valence-corrected chi connectivity index (χ4v) is 3.65. The zero-order valence-electron chi connectivity index (χ0n) is 10.5. The number of nitrogens with zero attached hydrogens (tertiary/aromatic N) is 1. The van der Waals surface area contributed by atoms with Crippen molar-refractivity contribution in [2.24, 2.45) is 17.3 Å². The van der Waals surface area contributed by atoms with Gasteiger partial charge in [0, 0.05) is 18.1 Å². The van der Waals surface area contributed by atoms with Crippen molar-refractivity contribution in [3.8, 4) is 0 Å². The fraction of sp³-hybridized carbons (Fsp3) is 1.00. The largest absolute Gasteiger partial charge is 0.294 e. The fourth-order valence-electron chi connectivity index (χ4n) is 3.65. The summed E-state index contributed by atoms with van der Waals surface area (Å²) in [5.74, 6) is 1.80. The van der Waals surface area contributed by atoms with Gasteiger partial charge in [0.15, 0.2) is 0 Å². The van der Waals surface area contributed by atoms with Crippen LogP contribution in [0.1, 0.15) is 48.0 Å². The molecule has 0 radical (unpaired) electrons. The van der Waals surface area contributed by atoms with Crippen LogP contribution in [-0.2, 0) is 0 Å². The summed E-state index contributed by atoms with van der Waals surface area (Å²) in [6, 6.07) is 2.45. The molecular formula is C13H25N. The third kappa shape index (κ3) is 1.25. The number of fused-ring (bicyclic) bond motifs is 1. The maximum atomic E-state index is 2.79. The minimum Gasteiger partial charge on any atom is -0.294 e. The van der Waals surface area contributed by atoms with Crippen molar-refractivity contribution < 1.29 is 0 Å². The first-order chi connectivity index (χ1) is 6.37. The van der Waals surface area contributed by atoms with E-state index in [-0.39, 0.29) is 0 Å². The van der Waals surface area contributed by atoms with Crippen LogP contribution in [-0.4, -0.2) is 23.0 Å². The van der Waals surface area contributed by atoms with E-state index in [1.807, 2.05) is 0 Å². The van der Waals surface area contributed by atoms with Crippen molar-refractivity contribution >= 4 is 0 Å². The summed E-state index contributed by atoms with van der Waals surface area (Å²) >= 11 is 0. The summed E-state index contributed by atoms with van der Waals surface area (Å²) in [5, 5.41) is 0. The van der Waals surface area contributed by atoms with Gasteiger partial charge in [-0.2, -0.15) is 0 Å². The van der Waals surface area contributed by atoms with E-state index in [1.54, 1.807) is 0 Å². The molecule has 1 nitrogen and oxygen atoms in total. The van der Waals surface area contributed by atoms with Crippen molar-refractivity contribution in [3.05, 3.63) is 0 Å². The topological polar surface area (TPSA) is 3.24 Å². The van der Waals surface area contributed by atoms with Crippen LogP contribution in [0.4, 0.5) is 0 Å². The molecule has 1 heteroatoms. The van der Waals surface area contributed by atoms with Gasteiger partial charge in [0.25, 0.3) is 0 Å². The molecule has 2 rings (SSSR count). The first-order valence-corrected chi connectivity index (χ1v) is 6.14. The average molecular weight is 195 g/mol. The molecule has 0 spiro atoms. The van der Waals surface area contributed by atoms with Crippen LogP contribution in [0.15, 0.2) is 0 Å². The lowest BCUT2D eigenvalue weighted by Crippen LogP contribution is -2.43. The average Bonchev–Trinajstić information content (AvgIpc) is 2.47. The first-order valence-electron chi connectivity index (χ1n) is 6.14. The number of hydrogen-bond donors (Lipinski definition) is 0. The first kappa shape index (κ1) is 10.5. The van der Waals surface area contributed by atoms with Gasteiger partial charge in [-0.05, 0) is 37.5 Å². The zero-order chi connectivity index (χ0) is 10.7. The Morgan fingerprint density at radius 3 is 2.14 bits per heavy atom. The van der Waals surface area contributed by atoms with Crippen molar-refractivity contribution in [2.45, 2.75) is 66.1 Å². The van der Waals surface area contributed by atoms with Gasteiger partial charge >= 0.3 is 0 Å². The molecule has 0 N–H and O–H groups in total. The van der Waals surface area contributed by atoms with Crippen molar-refractivity contribution in [2.75, 3.05) is 0 Å². The van der Waals surface area contributed by atoms with Gasteiger partial charge in [-0.15, -0.1) is 0 Å². The lowest BCUT2D eigenvalue weighted by molar-refractivity contribution is 0.108. The monoisotopic (exact) mass is 195 g/mol. The smallest absolute Gasteiger partial charge is 0.0190 e. The summed E-state index contributed by atoms with van der Waals surface area (Å²) in [6.07, 6.45) is 1.44. The summed E-state index contributed by atoms with van der Waals surface area (Å²) in [6.45, 7) is 14.3. The summed E-state index contributed by atoms with van der Waals surface area (Å²) in [4.78, 5) is 2.79. The van der Waals surface area contributed by atoms with Crippen LogP contribution in [0, 0.1) is 17.3 Å². The molecule has 0 aromatic heterocycles. The second kappa shape index (κ2) is 2.98. The molecule has 0 amide bonds. The second-order valence-corrected chi connectivity index (χ2v) is 6.46. The predicted molar refractivity (Wildman–Crippen MR) is 61.3 cm³/mol. The third-order valence-corrected chi connectivity index (χ3v) is 4.56. The molecule has 1 saturated carbocycles. The maximum Gasteiger partial charge on any atom is 0.0190 e. The summed E-state index contributed by atoms with van der Waals surface area (Å²) < 4.78 is 0. The van der Waals surface area contributed by atoms with Crippen molar-refractivity contribution in [1.82, 2.24) is 4.90 Å². The van der Waals surface area contributed by atoms with Crippen LogP contribution < -0.4 is 0 Å². The SMILES string of the molecule is CC(C)[C@@H]1CC2C(N1C(C)C)C2(C)C. The molecule has 1 aliphatic carbocycles. The Morgan fingerprint density at radius 1 is 1.14 bits per heavy atom. The van der Waals surface area contributed by atoms with E-state index in [0.717, 1.165) is 30.0 Å². The Hall–Kier alpha value is -0.0400. The highest BCUT2D eigenvalue weighted by Crippen LogP contribution is 2.63. The Kier molecular flexibility index (Phi) is 2.23. The van der Waals surface area contributed by atoms with Crippen LogP contribution in [0.25, 0.3) is 0 Å². The van der Waals surface area contributed by atoms with Crippen LogP contribution in [0.2, 0.25) is 0 Å². The normalized spacial score (nSPS) is 40.7. The molecule has 2 aliphatic rings. The quantitative estimate of drug-likeness (QED) is 0.654. The van der Waals surface area contributed by atoms with E-state index in [9.17, 15) is 0 Å². The standard InChI is InChI=1S/C13H25N/c1-8(2)11-7-10-12(13(10,5)6)14(11)9(3)4/h8-12H,7H2,1-6H3/t10?,11-,12?/m0/s1. The van der Waals surface area contributed by atoms with Crippen molar-refractivity contribution in [3.63, 3.8) is 0 Å². The van der Waals surface area contributed by atoms with Crippen LogP contribution in [0.3, 0.4) is 0 Å². The molecule has 0 aromatic rings. The summed E-state index contributed by atoms with van der Waals surface area (Å²) in [5.41, 5.74) is 0.607. The highest BCUT2D eigenvalue weighted by atomic mass is 15.3. The molecule has 2 fully saturated rings. The van der Waals surface area contributed by atoms with Gasteiger partial charge < -0.3 is 0 Å². The number of likely N-dealkylation sites (tertiary alicyclic amines) is 1. The summed E-state index contributed by atoms with van der Waals surface area (Å²) in [7, 11) is 0. The third-order valence-electron chi connectivity index (χ3n) is 4.56. The van der Waals surface area contributed by atoms with Gasteiger partial charge in [0.1, 0.15) is 0 Å². The van der Waals surface area contributed by atoms with Gasteiger partial charge in [0.05, 0.1) is 0 Å². The Balaban J connectivity index is 2.15. The van der Waals surface area contributed by atoms with E-state index >= 15 is 0 Å². The second-order valence-electron chi connectivity index (χ2n) is 6.46. The molecule has 1 heterocycles. The molecule has 0 bridgehead atoms. The molecule has 14 heavy (non-hydrogen) atoms. The van der Waals surface area contributed by atoms with E-state index in [1.165, 1.54) is 6.42 Å². The predicted octanol–water partition coefficient (Wildman–Crippen LogP) is 3.15. The molecule has 1 aliphatic heterocycles. The molecule has 0 aromatic carbocycles. The van der Waals surface area contributed by atoms with E-state index in [2.05, 4.69) is 46.4 Å². The van der Waals surface area contributed by atoms with E-state index < -0.39 is 0 Å². The zero-order valence-corrected chi connectivity index (χ0v) is 10.5. The van der Waals surface area contributed by atoms with Gasteiger partial charge in [-0.1, -0.05) is 27.7 Å². The van der Waals surface area contributed by atoms with Crippen LogP contribution in [0.5, 0.6) is 0 Å². The number of hydrogen-bond acceptors (Lipinski definition) is 1. The lowest BCUT2D eigenvalue weighted by Gasteiger charge is -2.36. The Labute approximate surface area is 88.9 Å². The minimum absolute atomic E-state index is 0.607. The number of rotatable bonds is 2. The maximum absolute atomic E-state index is 2.79. The van der Waals surface area contributed by atoms with Crippen molar-refractivity contribution in [1.29, 1.82) is 0 Å². The van der Waals surface area contributed by atoms with E-state index in [0.29, 0.717) is 5.41 Å². The molecule has 1 saturated heterocycles. The van der Waals surface area contributed by atoms with Gasteiger partial charge in [-0.25, -0.2) is 0 Å². The Bertz CT molecular complexity index is 227. The molecule has 3 atom stereocenters. The van der Waals surface area contributed by atoms with Gasteiger partial charge in [-0.3, -0.25) is 4.90 Å². The van der Waals surface area contributed by atoms with E-state index in [4.69, 9.17) is 0 Å².